The molecule has 1 rings (SSSR count). The molecule has 1 fully saturated rings. The van der Waals surface area contributed by atoms with Crippen molar-refractivity contribution in [3.05, 3.63) is 0 Å². The highest BCUT2D eigenvalue weighted by molar-refractivity contribution is 4.81. The van der Waals surface area contributed by atoms with Gasteiger partial charge in [-0.2, -0.15) is 0 Å². The summed E-state index contributed by atoms with van der Waals surface area (Å²) in [4.78, 5) is 0. The molecule has 150 valence electrons. The molecule has 0 aliphatic carbocycles. The van der Waals surface area contributed by atoms with Gasteiger partial charge in [0.15, 0.2) is 0 Å². The molecular formula is C22H44O3. The Bertz CT molecular complexity index is 291. The molecule has 3 nitrogen and oxygen atoms in total. The van der Waals surface area contributed by atoms with Gasteiger partial charge in [0.2, 0.25) is 0 Å². The predicted molar refractivity (Wildman–Crippen MR) is 106 cm³/mol. The summed E-state index contributed by atoms with van der Waals surface area (Å²) in [6.45, 7) is 10.0. The second kappa shape index (κ2) is 15.0. The van der Waals surface area contributed by atoms with E-state index in [0.717, 1.165) is 39.3 Å². The lowest BCUT2D eigenvalue weighted by Gasteiger charge is -2.34. The van der Waals surface area contributed by atoms with Crippen LogP contribution < -0.4 is 0 Å². The average molecular weight is 357 g/mol. The van der Waals surface area contributed by atoms with Gasteiger partial charge in [0, 0.05) is 13.2 Å². The van der Waals surface area contributed by atoms with Gasteiger partial charge >= 0.3 is 0 Å². The van der Waals surface area contributed by atoms with Crippen LogP contribution in [0.15, 0.2) is 0 Å². The number of epoxide rings is 1. The number of ether oxygens (including phenoxy) is 3. The highest BCUT2D eigenvalue weighted by atomic mass is 16.6. The molecule has 0 N–H and O–H groups in total. The number of hydrogen-bond donors (Lipinski definition) is 0. The van der Waals surface area contributed by atoms with Crippen LogP contribution in [-0.2, 0) is 14.2 Å². The lowest BCUT2D eigenvalue weighted by atomic mass is 9.86. The summed E-state index contributed by atoms with van der Waals surface area (Å²) < 4.78 is 17.3. The van der Waals surface area contributed by atoms with E-state index in [-0.39, 0.29) is 5.60 Å². The lowest BCUT2D eigenvalue weighted by Crippen LogP contribution is -2.33. The maximum Gasteiger partial charge on any atom is 0.104 e. The molecule has 0 amide bonds. The molecule has 0 spiro atoms. The second-order valence-electron chi connectivity index (χ2n) is 7.72. The first-order chi connectivity index (χ1) is 12.3. The third kappa shape index (κ3) is 12.0. The predicted octanol–water partition coefficient (Wildman–Crippen LogP) is 6.29. The van der Waals surface area contributed by atoms with Crippen LogP contribution in [0.5, 0.6) is 0 Å². The van der Waals surface area contributed by atoms with Crippen molar-refractivity contribution in [3.8, 4) is 0 Å². The zero-order valence-corrected chi connectivity index (χ0v) is 17.3. The van der Waals surface area contributed by atoms with Crippen molar-refractivity contribution in [2.24, 2.45) is 0 Å². The van der Waals surface area contributed by atoms with Gasteiger partial charge in [-0.25, -0.2) is 0 Å². The molecule has 0 aromatic carbocycles. The Balaban J connectivity index is 2.27. The molecule has 1 heterocycles. The molecule has 1 aliphatic rings. The van der Waals surface area contributed by atoms with Gasteiger partial charge in [0.25, 0.3) is 0 Å². The topological polar surface area (TPSA) is 31.0 Å². The summed E-state index contributed by atoms with van der Waals surface area (Å²) in [5.74, 6) is 0. The molecule has 0 saturated carbocycles. The molecule has 0 radical (unpaired) electrons. The summed E-state index contributed by atoms with van der Waals surface area (Å²) in [7, 11) is 0. The van der Waals surface area contributed by atoms with E-state index in [9.17, 15) is 0 Å². The quantitative estimate of drug-likeness (QED) is 0.201. The first-order valence-electron chi connectivity index (χ1n) is 11.1. The summed E-state index contributed by atoms with van der Waals surface area (Å²) in [6.07, 6.45) is 17.2. The van der Waals surface area contributed by atoms with E-state index in [0.29, 0.717) is 6.10 Å². The number of unbranched alkanes of at least 4 members (excludes halogenated alkanes) is 7. The molecule has 0 aromatic rings. The fourth-order valence-corrected chi connectivity index (χ4v) is 3.68. The smallest absolute Gasteiger partial charge is 0.104 e. The Kier molecular flexibility index (Phi) is 13.7. The highest BCUT2D eigenvalue weighted by Crippen LogP contribution is 2.31. The van der Waals surface area contributed by atoms with E-state index in [1.54, 1.807) is 0 Å². The highest BCUT2D eigenvalue weighted by Gasteiger charge is 2.29. The van der Waals surface area contributed by atoms with Gasteiger partial charge in [0.05, 0.1) is 18.8 Å². The van der Waals surface area contributed by atoms with Gasteiger partial charge < -0.3 is 14.2 Å². The van der Waals surface area contributed by atoms with Crippen LogP contribution in [0.1, 0.15) is 104 Å². The van der Waals surface area contributed by atoms with Crippen LogP contribution in [0.3, 0.4) is 0 Å². The molecule has 1 saturated heterocycles. The van der Waals surface area contributed by atoms with Crippen molar-refractivity contribution >= 4 is 0 Å². The van der Waals surface area contributed by atoms with Crippen molar-refractivity contribution in [1.29, 1.82) is 0 Å². The third-order valence-electron chi connectivity index (χ3n) is 5.30. The molecule has 0 bridgehead atoms. The van der Waals surface area contributed by atoms with Crippen molar-refractivity contribution in [1.82, 2.24) is 0 Å². The normalized spacial score (nSPS) is 19.1. The van der Waals surface area contributed by atoms with Crippen molar-refractivity contribution in [2.75, 3.05) is 26.4 Å². The Morgan fingerprint density at radius 3 is 2.04 bits per heavy atom. The number of rotatable bonds is 19. The van der Waals surface area contributed by atoms with Gasteiger partial charge in [-0.1, -0.05) is 71.6 Å². The maximum atomic E-state index is 6.34. The van der Waals surface area contributed by atoms with Gasteiger partial charge in [0.1, 0.15) is 6.10 Å². The van der Waals surface area contributed by atoms with Gasteiger partial charge in [-0.05, 0) is 32.6 Å². The van der Waals surface area contributed by atoms with Crippen molar-refractivity contribution in [3.63, 3.8) is 0 Å². The standard InChI is InChI=1S/C22H44O3/c1-4-7-9-10-11-12-13-16-22(25-6-3,15-8-5-2)17-14-18-23-19-21-20-24-21/h21H,4-20H2,1-3H3. The molecular weight excluding hydrogens is 312 g/mol. The largest absolute Gasteiger partial charge is 0.379 e. The van der Waals surface area contributed by atoms with Crippen LogP contribution in [0.2, 0.25) is 0 Å². The summed E-state index contributed by atoms with van der Waals surface area (Å²) >= 11 is 0. The first kappa shape index (κ1) is 22.9. The van der Waals surface area contributed by atoms with Crippen LogP contribution in [0.4, 0.5) is 0 Å². The van der Waals surface area contributed by atoms with Crippen LogP contribution in [0, 0.1) is 0 Å². The Hall–Kier alpha value is -0.120. The van der Waals surface area contributed by atoms with Crippen LogP contribution in [-0.4, -0.2) is 38.1 Å². The van der Waals surface area contributed by atoms with E-state index in [4.69, 9.17) is 14.2 Å². The Morgan fingerprint density at radius 1 is 0.800 bits per heavy atom. The fraction of sp³-hybridized carbons (Fsp3) is 1.00. The summed E-state index contributed by atoms with van der Waals surface area (Å²) in [5, 5.41) is 0. The zero-order valence-electron chi connectivity index (χ0n) is 17.3. The van der Waals surface area contributed by atoms with Crippen molar-refractivity contribution in [2.45, 2.75) is 116 Å². The maximum absolute atomic E-state index is 6.34. The summed E-state index contributed by atoms with van der Waals surface area (Å²) in [5.41, 5.74) is 0.0909. The fourth-order valence-electron chi connectivity index (χ4n) is 3.68. The van der Waals surface area contributed by atoms with E-state index in [1.165, 1.54) is 70.6 Å². The molecule has 3 heteroatoms. The zero-order chi connectivity index (χ0) is 18.2. The van der Waals surface area contributed by atoms with Gasteiger partial charge in [-0.15, -0.1) is 0 Å². The summed E-state index contributed by atoms with van der Waals surface area (Å²) in [6, 6.07) is 0. The monoisotopic (exact) mass is 356 g/mol. The third-order valence-corrected chi connectivity index (χ3v) is 5.30. The van der Waals surface area contributed by atoms with E-state index in [1.807, 2.05) is 0 Å². The molecule has 2 unspecified atom stereocenters. The molecule has 25 heavy (non-hydrogen) atoms. The van der Waals surface area contributed by atoms with E-state index < -0.39 is 0 Å². The lowest BCUT2D eigenvalue weighted by molar-refractivity contribution is -0.0655. The van der Waals surface area contributed by atoms with Crippen molar-refractivity contribution < 1.29 is 14.2 Å². The molecule has 2 atom stereocenters. The Morgan fingerprint density at radius 2 is 1.40 bits per heavy atom. The average Bonchev–Trinajstić information content (AvgIpc) is 3.43. The minimum Gasteiger partial charge on any atom is -0.379 e. The van der Waals surface area contributed by atoms with E-state index >= 15 is 0 Å². The second-order valence-corrected chi connectivity index (χ2v) is 7.72. The van der Waals surface area contributed by atoms with Gasteiger partial charge in [-0.3, -0.25) is 0 Å². The minimum absolute atomic E-state index is 0.0909. The van der Waals surface area contributed by atoms with Crippen LogP contribution in [0.25, 0.3) is 0 Å². The first-order valence-corrected chi connectivity index (χ1v) is 11.1. The Labute approximate surface area is 157 Å². The van der Waals surface area contributed by atoms with Crippen LogP contribution >= 0.6 is 0 Å². The SMILES string of the molecule is CCCCCCCCCC(CCCC)(CCCOCC1CO1)OCC. The molecule has 1 aliphatic heterocycles. The molecule has 0 aromatic heterocycles. The number of hydrogen-bond acceptors (Lipinski definition) is 3. The minimum atomic E-state index is 0.0909. The van der Waals surface area contributed by atoms with E-state index in [2.05, 4.69) is 20.8 Å².